The van der Waals surface area contributed by atoms with Crippen molar-refractivity contribution in [2.45, 2.75) is 19.5 Å². The lowest BCUT2D eigenvalue weighted by atomic mass is 10.2. The number of hydrogen-bond donors (Lipinski definition) is 1. The van der Waals surface area contributed by atoms with E-state index in [4.69, 9.17) is 4.74 Å². The van der Waals surface area contributed by atoms with Crippen molar-refractivity contribution in [3.8, 4) is 5.75 Å². The molecule has 2 aromatic rings. The highest BCUT2D eigenvalue weighted by Crippen LogP contribution is 2.17. The molecule has 1 aliphatic rings. The second-order valence-electron chi connectivity index (χ2n) is 6.29. The Kier molecular flexibility index (Phi) is 6.07. The van der Waals surface area contributed by atoms with Gasteiger partial charge in [0.2, 0.25) is 5.91 Å². The van der Waals surface area contributed by atoms with Gasteiger partial charge in [-0.3, -0.25) is 14.6 Å². The summed E-state index contributed by atoms with van der Waals surface area (Å²) in [6.07, 6.45) is 0. The Morgan fingerprint density at radius 3 is 2.52 bits per heavy atom. The van der Waals surface area contributed by atoms with Crippen LogP contribution in [0.2, 0.25) is 0 Å². The number of amides is 1. The summed E-state index contributed by atoms with van der Waals surface area (Å²) in [7, 11) is 1.63. The molecule has 0 spiro atoms. The van der Waals surface area contributed by atoms with Crippen LogP contribution in [-0.2, 0) is 11.3 Å². The number of thiophene rings is 1. The molecule has 1 saturated heterocycles. The number of nitrogens with zero attached hydrogens (tertiary/aromatic N) is 2. The lowest BCUT2D eigenvalue weighted by molar-refractivity contribution is -0.121. The van der Waals surface area contributed by atoms with Gasteiger partial charge in [0, 0.05) is 43.3 Å². The van der Waals surface area contributed by atoms with Gasteiger partial charge in [0.25, 0.3) is 0 Å². The van der Waals surface area contributed by atoms with Gasteiger partial charge in [0.15, 0.2) is 0 Å². The van der Waals surface area contributed by atoms with E-state index in [2.05, 4.69) is 32.6 Å². The van der Waals surface area contributed by atoms with Gasteiger partial charge < -0.3 is 10.1 Å². The van der Waals surface area contributed by atoms with Gasteiger partial charge in [-0.15, -0.1) is 11.3 Å². The monoisotopic (exact) mass is 359 g/mol. The van der Waals surface area contributed by atoms with Crippen molar-refractivity contribution in [1.82, 2.24) is 9.80 Å². The summed E-state index contributed by atoms with van der Waals surface area (Å²) in [6, 6.07) is 11.6. The minimum absolute atomic E-state index is 0.0388. The molecule has 2 heterocycles. The van der Waals surface area contributed by atoms with E-state index < -0.39 is 0 Å². The van der Waals surface area contributed by atoms with Crippen molar-refractivity contribution in [3.63, 3.8) is 0 Å². The number of hydrogen-bond acceptors (Lipinski definition) is 5. The number of carbonyl (C=O) groups is 1. The molecule has 0 bridgehead atoms. The van der Waals surface area contributed by atoms with Gasteiger partial charge in [-0.05, 0) is 42.6 Å². The van der Waals surface area contributed by atoms with Crippen LogP contribution in [0.3, 0.4) is 0 Å². The summed E-state index contributed by atoms with van der Waals surface area (Å²) in [5.41, 5.74) is 0.800. The molecule has 5 nitrogen and oxygen atoms in total. The maximum Gasteiger partial charge on any atom is 0.241 e. The van der Waals surface area contributed by atoms with Crippen LogP contribution in [0, 0.1) is 0 Å². The van der Waals surface area contributed by atoms with E-state index in [9.17, 15) is 4.79 Å². The van der Waals surface area contributed by atoms with Crippen LogP contribution in [0.25, 0.3) is 0 Å². The highest BCUT2D eigenvalue weighted by atomic mass is 32.1. The third-order valence-corrected chi connectivity index (χ3v) is 5.51. The summed E-state index contributed by atoms with van der Waals surface area (Å²) in [6.45, 7) is 6.83. The number of piperazine rings is 1. The van der Waals surface area contributed by atoms with Gasteiger partial charge in [-0.2, -0.15) is 0 Å². The number of anilines is 1. The Hall–Kier alpha value is -1.89. The van der Waals surface area contributed by atoms with Gasteiger partial charge in [-0.1, -0.05) is 6.07 Å². The second-order valence-corrected chi connectivity index (χ2v) is 7.32. The van der Waals surface area contributed by atoms with Crippen molar-refractivity contribution in [3.05, 3.63) is 46.7 Å². The number of rotatable bonds is 6. The van der Waals surface area contributed by atoms with E-state index >= 15 is 0 Å². The van der Waals surface area contributed by atoms with Gasteiger partial charge in [0.1, 0.15) is 5.75 Å². The largest absolute Gasteiger partial charge is 0.497 e. The molecule has 0 aliphatic carbocycles. The molecule has 1 aromatic heterocycles. The number of methoxy groups -OCH3 is 1. The Morgan fingerprint density at radius 2 is 1.92 bits per heavy atom. The van der Waals surface area contributed by atoms with Crippen LogP contribution in [0.4, 0.5) is 5.69 Å². The van der Waals surface area contributed by atoms with Crippen molar-refractivity contribution in [2.75, 3.05) is 38.6 Å². The molecular weight excluding hydrogens is 334 g/mol. The molecular formula is C19H25N3O2S. The van der Waals surface area contributed by atoms with E-state index in [1.165, 1.54) is 4.88 Å². The normalized spacial score (nSPS) is 17.2. The topological polar surface area (TPSA) is 44.8 Å². The first-order valence-corrected chi connectivity index (χ1v) is 9.47. The van der Waals surface area contributed by atoms with Crippen molar-refractivity contribution in [2.24, 2.45) is 0 Å². The SMILES string of the molecule is COc1ccc(NC(=O)C(C)N2CCN(Cc3cccs3)CC2)cc1. The molecule has 25 heavy (non-hydrogen) atoms. The first kappa shape index (κ1) is 17.9. The number of carbonyl (C=O) groups excluding carboxylic acids is 1. The molecule has 1 atom stereocenters. The zero-order valence-electron chi connectivity index (χ0n) is 14.8. The Morgan fingerprint density at radius 1 is 1.20 bits per heavy atom. The summed E-state index contributed by atoms with van der Waals surface area (Å²) in [4.78, 5) is 18.6. The van der Waals surface area contributed by atoms with Crippen LogP contribution in [-0.4, -0.2) is 55.0 Å². The number of benzene rings is 1. The quantitative estimate of drug-likeness (QED) is 0.861. The molecule has 6 heteroatoms. The maximum absolute atomic E-state index is 12.5. The molecule has 1 amide bonds. The highest BCUT2D eigenvalue weighted by Gasteiger charge is 2.25. The van der Waals surface area contributed by atoms with E-state index in [0.29, 0.717) is 0 Å². The second kappa shape index (κ2) is 8.47. The van der Waals surface area contributed by atoms with Crippen LogP contribution in [0.5, 0.6) is 5.75 Å². The summed E-state index contributed by atoms with van der Waals surface area (Å²) in [5, 5.41) is 5.11. The molecule has 1 N–H and O–H groups in total. The minimum Gasteiger partial charge on any atom is -0.497 e. The van der Waals surface area contributed by atoms with Crippen molar-refractivity contribution in [1.29, 1.82) is 0 Å². The van der Waals surface area contributed by atoms with Crippen LogP contribution >= 0.6 is 11.3 Å². The Labute approximate surface area is 153 Å². The molecule has 1 fully saturated rings. The number of ether oxygens (including phenoxy) is 1. The van der Waals surface area contributed by atoms with Crippen LogP contribution in [0.1, 0.15) is 11.8 Å². The average molecular weight is 359 g/mol. The van der Waals surface area contributed by atoms with E-state index in [1.54, 1.807) is 18.4 Å². The fourth-order valence-corrected chi connectivity index (χ4v) is 3.76. The third kappa shape index (κ3) is 4.81. The van der Waals surface area contributed by atoms with Crippen LogP contribution < -0.4 is 10.1 Å². The highest BCUT2D eigenvalue weighted by molar-refractivity contribution is 7.09. The summed E-state index contributed by atoms with van der Waals surface area (Å²) >= 11 is 1.80. The lowest BCUT2D eigenvalue weighted by Crippen LogP contribution is -2.52. The number of nitrogens with one attached hydrogen (secondary N) is 1. The molecule has 3 rings (SSSR count). The van der Waals surface area contributed by atoms with E-state index in [0.717, 1.165) is 44.2 Å². The summed E-state index contributed by atoms with van der Waals surface area (Å²) < 4.78 is 5.14. The molecule has 1 aliphatic heterocycles. The minimum atomic E-state index is -0.133. The smallest absolute Gasteiger partial charge is 0.241 e. The fraction of sp³-hybridized carbons (Fsp3) is 0.421. The van der Waals surface area contributed by atoms with Gasteiger partial charge in [0.05, 0.1) is 13.2 Å². The molecule has 0 saturated carbocycles. The maximum atomic E-state index is 12.5. The van der Waals surface area contributed by atoms with Gasteiger partial charge >= 0.3 is 0 Å². The van der Waals surface area contributed by atoms with Crippen molar-refractivity contribution < 1.29 is 9.53 Å². The van der Waals surface area contributed by atoms with E-state index in [1.807, 2.05) is 31.2 Å². The molecule has 134 valence electrons. The standard InChI is InChI=1S/C19H25N3O2S/c1-15(19(23)20-16-5-7-17(24-2)8-6-16)22-11-9-21(10-12-22)14-18-4-3-13-25-18/h3-8,13,15H,9-12,14H2,1-2H3,(H,20,23). The zero-order valence-corrected chi connectivity index (χ0v) is 15.6. The fourth-order valence-electron chi connectivity index (χ4n) is 3.02. The van der Waals surface area contributed by atoms with Crippen LogP contribution in [0.15, 0.2) is 41.8 Å². The summed E-state index contributed by atoms with van der Waals surface area (Å²) in [5.74, 6) is 0.824. The predicted molar refractivity (Wildman–Crippen MR) is 102 cm³/mol. The van der Waals surface area contributed by atoms with E-state index in [-0.39, 0.29) is 11.9 Å². The third-order valence-electron chi connectivity index (χ3n) is 4.65. The first-order chi connectivity index (χ1) is 12.2. The zero-order chi connectivity index (χ0) is 17.6. The average Bonchev–Trinajstić information content (AvgIpc) is 3.15. The predicted octanol–water partition coefficient (Wildman–Crippen LogP) is 2.90. The Balaban J connectivity index is 1.47. The van der Waals surface area contributed by atoms with Gasteiger partial charge in [-0.25, -0.2) is 0 Å². The van der Waals surface area contributed by atoms with Crippen molar-refractivity contribution >= 4 is 22.9 Å². The Bertz CT molecular complexity index is 664. The molecule has 0 radical (unpaired) electrons. The first-order valence-electron chi connectivity index (χ1n) is 8.59. The lowest BCUT2D eigenvalue weighted by Gasteiger charge is -2.37. The molecule has 1 aromatic carbocycles. The molecule has 1 unspecified atom stereocenters.